The Morgan fingerprint density at radius 2 is 2.20 bits per heavy atom. The van der Waals surface area contributed by atoms with Gasteiger partial charge in [-0.3, -0.25) is 4.79 Å². The lowest BCUT2D eigenvalue weighted by molar-refractivity contribution is -0.106. The first-order valence-corrected chi connectivity index (χ1v) is 1.31. The second-order valence-corrected chi connectivity index (χ2v) is 0.761. The van der Waals surface area contributed by atoms with Crippen LogP contribution in [0.15, 0.2) is 0 Å². The first kappa shape index (κ1) is 4.52. The molecule has 0 rings (SSSR count). The van der Waals surface area contributed by atoms with Gasteiger partial charge in [-0.25, -0.2) is 0 Å². The Bertz CT molecular complexity index is 79.4. The molecule has 2 heteroatoms. The highest BCUT2D eigenvalue weighted by atomic mass is 35.5. The summed E-state index contributed by atoms with van der Waals surface area (Å²) >= 11 is 4.59. The van der Waals surface area contributed by atoms with Gasteiger partial charge in [-0.2, -0.15) is 0 Å². The fourth-order valence-corrected chi connectivity index (χ4v) is 0. The van der Waals surface area contributed by atoms with Crippen LogP contribution in [0.5, 0.6) is 0 Å². The van der Waals surface area contributed by atoms with Gasteiger partial charge in [0.1, 0.15) is 0 Å². The lowest BCUT2D eigenvalue weighted by Crippen LogP contribution is -1.69. The summed E-state index contributed by atoms with van der Waals surface area (Å²) < 4.78 is 0. The number of terminal acetylenes is 1. The lowest BCUT2D eigenvalue weighted by atomic mass is 10.8. The number of hydrogen-bond acceptors (Lipinski definition) is 1. The van der Waals surface area contributed by atoms with Crippen LogP contribution < -0.4 is 0 Å². The second-order valence-electron chi connectivity index (χ2n) is 0.418. The molecule has 0 radical (unpaired) electrons. The monoisotopic (exact) mass is 88.0 g/mol. The molecule has 0 spiro atoms. The summed E-state index contributed by atoms with van der Waals surface area (Å²) in [6, 6.07) is 0. The van der Waals surface area contributed by atoms with Gasteiger partial charge in [-0.15, -0.1) is 6.42 Å². The van der Waals surface area contributed by atoms with Gasteiger partial charge in [0.05, 0.1) is 0 Å². The molecule has 0 unspecified atom stereocenters. The largest absolute Gasteiger partial charge is 0.295 e. The van der Waals surface area contributed by atoms with Crippen LogP contribution >= 0.6 is 11.6 Å². The molecule has 0 saturated heterocycles. The molecular formula is C3HClO. The topological polar surface area (TPSA) is 17.1 Å². The lowest BCUT2D eigenvalue weighted by Gasteiger charge is -1.54. The maximum Gasteiger partial charge on any atom is 0.295 e. The van der Waals surface area contributed by atoms with Crippen molar-refractivity contribution >= 4 is 16.8 Å². The van der Waals surface area contributed by atoms with E-state index in [-0.39, 0.29) is 0 Å². The molecule has 0 atom stereocenters. The molecule has 5 heavy (non-hydrogen) atoms. The number of rotatable bonds is 0. The molecule has 26 valence electrons. The Labute approximate surface area is 34.9 Å². The Kier molecular flexibility index (Phi) is 1.63. The minimum absolute atomic E-state index is 0.745. The third-order valence-corrected chi connectivity index (χ3v) is 0.223. The molecule has 0 fully saturated rings. The molecule has 0 aromatic rings. The van der Waals surface area contributed by atoms with E-state index in [0.717, 1.165) is 0 Å². The standard InChI is InChI=1S/C3HClO/c1-2-3(4)5/h1H. The van der Waals surface area contributed by atoms with E-state index in [1.807, 2.05) is 0 Å². The van der Waals surface area contributed by atoms with Crippen LogP contribution in [0.1, 0.15) is 0 Å². The average Bonchev–Trinajstić information content (AvgIpc) is 1.38. The molecule has 0 aromatic carbocycles. The smallest absolute Gasteiger partial charge is 0.266 e. The summed E-state index contributed by atoms with van der Waals surface area (Å²) in [6.07, 6.45) is 4.44. The molecular weight excluding hydrogens is 87.5 g/mol. The van der Waals surface area contributed by atoms with Gasteiger partial charge < -0.3 is 0 Å². The van der Waals surface area contributed by atoms with E-state index in [1.54, 1.807) is 5.92 Å². The Hall–Kier alpha value is -0.480. The molecule has 0 N–H and O–H groups in total. The zero-order valence-electron chi connectivity index (χ0n) is 2.36. The minimum Gasteiger partial charge on any atom is -0.266 e. The van der Waals surface area contributed by atoms with Crippen LogP contribution in [0.2, 0.25) is 0 Å². The fraction of sp³-hybridized carbons (Fsp3) is 0. The highest BCUT2D eigenvalue weighted by Gasteiger charge is 1.74. The third kappa shape index (κ3) is 3.52. The number of hydrogen-bond donors (Lipinski definition) is 0. The van der Waals surface area contributed by atoms with E-state index in [9.17, 15) is 4.79 Å². The highest BCUT2D eigenvalue weighted by molar-refractivity contribution is 6.67. The summed E-state index contributed by atoms with van der Waals surface area (Å²) in [6.45, 7) is 0. The van der Waals surface area contributed by atoms with Crippen LogP contribution in [-0.4, -0.2) is 5.24 Å². The van der Waals surface area contributed by atoms with E-state index in [0.29, 0.717) is 0 Å². The van der Waals surface area contributed by atoms with E-state index in [2.05, 4.69) is 18.0 Å². The molecule has 0 aliphatic carbocycles. The first-order chi connectivity index (χ1) is 2.27. The molecule has 0 bridgehead atoms. The van der Waals surface area contributed by atoms with E-state index >= 15 is 0 Å². The van der Waals surface area contributed by atoms with Crippen molar-refractivity contribution in [1.29, 1.82) is 0 Å². The van der Waals surface area contributed by atoms with Crippen LogP contribution in [0.25, 0.3) is 0 Å². The summed E-state index contributed by atoms with van der Waals surface area (Å²) in [5, 5.41) is -0.745. The SMILES string of the molecule is C#CC(=O)Cl. The van der Waals surface area contributed by atoms with Crippen molar-refractivity contribution in [3.63, 3.8) is 0 Å². The van der Waals surface area contributed by atoms with E-state index in [4.69, 9.17) is 0 Å². The van der Waals surface area contributed by atoms with Crippen LogP contribution in [0.4, 0.5) is 0 Å². The van der Waals surface area contributed by atoms with E-state index in [1.165, 1.54) is 0 Å². The maximum atomic E-state index is 9.34. The van der Waals surface area contributed by atoms with Crippen molar-refractivity contribution < 1.29 is 4.79 Å². The predicted molar refractivity (Wildman–Crippen MR) is 19.7 cm³/mol. The van der Waals surface area contributed by atoms with Crippen LogP contribution in [-0.2, 0) is 4.79 Å². The normalized spacial score (nSPS) is 5.60. The summed E-state index contributed by atoms with van der Waals surface area (Å²) in [5.41, 5.74) is 0. The Morgan fingerprint density at radius 3 is 2.20 bits per heavy atom. The molecule has 0 heterocycles. The van der Waals surface area contributed by atoms with Gasteiger partial charge in [0, 0.05) is 0 Å². The molecule has 0 amide bonds. The zero-order valence-corrected chi connectivity index (χ0v) is 3.12. The Balaban J connectivity index is 3.35. The number of halogens is 1. The molecule has 0 aromatic heterocycles. The van der Waals surface area contributed by atoms with Gasteiger partial charge >= 0.3 is 0 Å². The van der Waals surface area contributed by atoms with Gasteiger partial charge in [0.2, 0.25) is 0 Å². The predicted octanol–water partition coefficient (Wildman–Crippen LogP) is 0.385. The van der Waals surface area contributed by atoms with Crippen molar-refractivity contribution in [1.82, 2.24) is 0 Å². The van der Waals surface area contributed by atoms with Gasteiger partial charge in [-0.1, -0.05) is 0 Å². The maximum absolute atomic E-state index is 9.34. The van der Waals surface area contributed by atoms with Crippen molar-refractivity contribution in [2.45, 2.75) is 0 Å². The quantitative estimate of drug-likeness (QED) is 0.309. The van der Waals surface area contributed by atoms with Crippen LogP contribution in [0.3, 0.4) is 0 Å². The molecule has 0 aliphatic rings. The zero-order chi connectivity index (χ0) is 4.28. The average molecular weight is 88.5 g/mol. The van der Waals surface area contributed by atoms with E-state index < -0.39 is 5.24 Å². The van der Waals surface area contributed by atoms with Crippen molar-refractivity contribution in [3.05, 3.63) is 0 Å². The van der Waals surface area contributed by atoms with Gasteiger partial charge in [0.25, 0.3) is 5.24 Å². The summed E-state index contributed by atoms with van der Waals surface area (Å²) in [7, 11) is 0. The number of carbonyl (C=O) groups is 1. The number of carbonyl (C=O) groups excluding carboxylic acids is 1. The fourth-order valence-electron chi connectivity index (χ4n) is 0. The summed E-state index contributed by atoms with van der Waals surface area (Å²) in [4.78, 5) is 9.34. The molecule has 1 nitrogen and oxygen atoms in total. The Morgan fingerprint density at radius 1 is 2.00 bits per heavy atom. The second kappa shape index (κ2) is 1.80. The van der Waals surface area contributed by atoms with Crippen LogP contribution in [0, 0.1) is 12.3 Å². The molecule has 0 saturated carbocycles. The van der Waals surface area contributed by atoms with Crippen molar-refractivity contribution in [2.24, 2.45) is 0 Å². The first-order valence-electron chi connectivity index (χ1n) is 0.932. The van der Waals surface area contributed by atoms with Crippen molar-refractivity contribution in [3.8, 4) is 12.3 Å². The van der Waals surface area contributed by atoms with Gasteiger partial charge in [-0.05, 0) is 17.5 Å². The van der Waals surface area contributed by atoms with Crippen molar-refractivity contribution in [2.75, 3.05) is 0 Å². The third-order valence-electron chi connectivity index (χ3n) is 0.113. The van der Waals surface area contributed by atoms with Gasteiger partial charge in [0.15, 0.2) is 0 Å². The molecule has 0 aliphatic heterocycles. The minimum atomic E-state index is -0.745. The highest BCUT2D eigenvalue weighted by Crippen LogP contribution is 1.68. The summed E-state index contributed by atoms with van der Waals surface area (Å²) in [5.74, 6) is 1.65.